The zero-order chi connectivity index (χ0) is 13.9. The minimum absolute atomic E-state index is 0.0897. The SMILES string of the molecule is C[C@H]1CCCC[C@@H]1NC(=O)Cn1cnc2ccccc21. The summed E-state index contributed by atoms with van der Waals surface area (Å²) in [5.41, 5.74) is 1.95. The second kappa shape index (κ2) is 5.65. The van der Waals surface area contributed by atoms with Crippen LogP contribution in [0.3, 0.4) is 0 Å². The van der Waals surface area contributed by atoms with Gasteiger partial charge in [-0.15, -0.1) is 0 Å². The molecule has 2 atom stereocenters. The predicted octanol–water partition coefficient (Wildman–Crippen LogP) is 2.73. The lowest BCUT2D eigenvalue weighted by atomic mass is 9.86. The highest BCUT2D eigenvalue weighted by molar-refractivity contribution is 5.80. The molecule has 0 radical (unpaired) electrons. The fraction of sp³-hybridized carbons (Fsp3) is 0.500. The number of amides is 1. The van der Waals surface area contributed by atoms with Crippen LogP contribution in [0.4, 0.5) is 0 Å². The van der Waals surface area contributed by atoms with Gasteiger partial charge >= 0.3 is 0 Å². The van der Waals surface area contributed by atoms with Crippen LogP contribution in [-0.4, -0.2) is 21.5 Å². The molecule has 1 aliphatic rings. The third-order valence-corrected chi connectivity index (χ3v) is 4.30. The van der Waals surface area contributed by atoms with E-state index in [0.29, 0.717) is 18.5 Å². The van der Waals surface area contributed by atoms with E-state index < -0.39 is 0 Å². The number of hydrogen-bond acceptors (Lipinski definition) is 2. The van der Waals surface area contributed by atoms with Crippen LogP contribution in [-0.2, 0) is 11.3 Å². The molecule has 20 heavy (non-hydrogen) atoms. The van der Waals surface area contributed by atoms with E-state index in [1.165, 1.54) is 19.3 Å². The summed E-state index contributed by atoms with van der Waals surface area (Å²) < 4.78 is 1.91. The molecule has 1 saturated carbocycles. The van der Waals surface area contributed by atoms with E-state index in [-0.39, 0.29) is 5.91 Å². The van der Waals surface area contributed by atoms with Crippen molar-refractivity contribution < 1.29 is 4.79 Å². The monoisotopic (exact) mass is 271 g/mol. The number of para-hydroxylation sites is 2. The van der Waals surface area contributed by atoms with E-state index in [9.17, 15) is 4.79 Å². The van der Waals surface area contributed by atoms with Crippen LogP contribution in [0.2, 0.25) is 0 Å². The summed E-state index contributed by atoms with van der Waals surface area (Å²) in [6, 6.07) is 8.24. The quantitative estimate of drug-likeness (QED) is 0.933. The lowest BCUT2D eigenvalue weighted by Gasteiger charge is -2.29. The van der Waals surface area contributed by atoms with Crippen molar-refractivity contribution in [1.82, 2.24) is 14.9 Å². The second-order valence-electron chi connectivity index (χ2n) is 5.80. The van der Waals surface area contributed by atoms with Gasteiger partial charge in [-0.3, -0.25) is 4.79 Å². The molecule has 3 rings (SSSR count). The van der Waals surface area contributed by atoms with E-state index in [2.05, 4.69) is 17.2 Å². The van der Waals surface area contributed by atoms with Gasteiger partial charge in [0.25, 0.3) is 0 Å². The maximum absolute atomic E-state index is 12.2. The standard InChI is InChI=1S/C16H21N3O/c1-12-6-2-3-7-13(12)18-16(20)10-19-11-17-14-8-4-5-9-15(14)19/h4-5,8-9,11-13H,2-3,6-7,10H2,1H3,(H,18,20)/t12-,13-/m0/s1. The predicted molar refractivity (Wildman–Crippen MR) is 79.3 cm³/mol. The summed E-state index contributed by atoms with van der Waals surface area (Å²) in [6.07, 6.45) is 6.59. The summed E-state index contributed by atoms with van der Waals surface area (Å²) in [4.78, 5) is 16.5. The molecule has 4 heteroatoms. The van der Waals surface area contributed by atoms with Gasteiger partial charge in [-0.25, -0.2) is 4.98 Å². The van der Waals surface area contributed by atoms with Crippen LogP contribution in [0, 0.1) is 5.92 Å². The number of benzene rings is 1. The number of rotatable bonds is 3. The molecule has 1 amide bonds. The van der Waals surface area contributed by atoms with Gasteiger partial charge in [0.2, 0.25) is 5.91 Å². The van der Waals surface area contributed by atoms with Crippen molar-refractivity contribution in [2.24, 2.45) is 5.92 Å². The van der Waals surface area contributed by atoms with Crippen molar-refractivity contribution in [3.8, 4) is 0 Å². The second-order valence-corrected chi connectivity index (χ2v) is 5.80. The van der Waals surface area contributed by atoms with Crippen molar-refractivity contribution >= 4 is 16.9 Å². The molecule has 0 unspecified atom stereocenters. The molecule has 1 aromatic carbocycles. The Morgan fingerprint density at radius 1 is 1.35 bits per heavy atom. The Morgan fingerprint density at radius 3 is 3.00 bits per heavy atom. The summed E-state index contributed by atoms with van der Waals surface area (Å²) >= 11 is 0. The Hall–Kier alpha value is -1.84. The average molecular weight is 271 g/mol. The van der Waals surface area contributed by atoms with Gasteiger partial charge in [-0.1, -0.05) is 31.9 Å². The number of aromatic nitrogens is 2. The van der Waals surface area contributed by atoms with Crippen LogP contribution in [0.15, 0.2) is 30.6 Å². The molecule has 2 aromatic rings. The van der Waals surface area contributed by atoms with Crippen LogP contribution >= 0.6 is 0 Å². The minimum Gasteiger partial charge on any atom is -0.352 e. The topological polar surface area (TPSA) is 46.9 Å². The number of fused-ring (bicyclic) bond motifs is 1. The molecule has 4 nitrogen and oxygen atoms in total. The van der Waals surface area contributed by atoms with E-state index in [1.807, 2.05) is 28.8 Å². The van der Waals surface area contributed by atoms with Gasteiger partial charge in [0.15, 0.2) is 0 Å². The van der Waals surface area contributed by atoms with Crippen molar-refractivity contribution in [3.05, 3.63) is 30.6 Å². The van der Waals surface area contributed by atoms with Gasteiger partial charge < -0.3 is 9.88 Å². The Labute approximate surface area is 119 Å². The number of carbonyl (C=O) groups is 1. The Balaban J connectivity index is 1.66. The summed E-state index contributed by atoms with van der Waals surface area (Å²) in [5.74, 6) is 0.680. The molecule has 1 aliphatic carbocycles. The summed E-state index contributed by atoms with van der Waals surface area (Å²) in [5, 5.41) is 3.18. The number of imidazole rings is 1. The number of nitrogens with zero attached hydrogens (tertiary/aromatic N) is 2. The number of carbonyl (C=O) groups excluding carboxylic acids is 1. The van der Waals surface area contributed by atoms with Crippen LogP contribution < -0.4 is 5.32 Å². The molecule has 1 aromatic heterocycles. The summed E-state index contributed by atoms with van der Waals surface area (Å²) in [7, 11) is 0. The van der Waals surface area contributed by atoms with Crippen molar-refractivity contribution in [2.45, 2.75) is 45.2 Å². The first-order valence-electron chi connectivity index (χ1n) is 7.43. The maximum atomic E-state index is 12.2. The molecule has 106 valence electrons. The van der Waals surface area contributed by atoms with Crippen molar-refractivity contribution in [1.29, 1.82) is 0 Å². The first-order chi connectivity index (χ1) is 9.74. The van der Waals surface area contributed by atoms with Crippen molar-refractivity contribution in [3.63, 3.8) is 0 Å². The smallest absolute Gasteiger partial charge is 0.240 e. The average Bonchev–Trinajstić information content (AvgIpc) is 2.85. The molecule has 1 fully saturated rings. The zero-order valence-electron chi connectivity index (χ0n) is 11.9. The molecular formula is C16H21N3O. The molecule has 1 heterocycles. The Morgan fingerprint density at radius 2 is 2.15 bits per heavy atom. The normalized spacial score (nSPS) is 22.9. The first kappa shape index (κ1) is 13.2. The molecule has 0 aliphatic heterocycles. The number of hydrogen-bond donors (Lipinski definition) is 1. The van der Waals surface area contributed by atoms with Gasteiger partial charge in [0.1, 0.15) is 6.54 Å². The Kier molecular flexibility index (Phi) is 3.72. The zero-order valence-corrected chi connectivity index (χ0v) is 11.9. The molecule has 0 saturated heterocycles. The van der Waals surface area contributed by atoms with E-state index >= 15 is 0 Å². The van der Waals surface area contributed by atoms with Gasteiger partial charge in [0.05, 0.1) is 17.4 Å². The van der Waals surface area contributed by atoms with E-state index in [4.69, 9.17) is 0 Å². The largest absolute Gasteiger partial charge is 0.352 e. The van der Waals surface area contributed by atoms with Crippen LogP contribution in [0.5, 0.6) is 0 Å². The fourth-order valence-electron chi connectivity index (χ4n) is 3.07. The fourth-order valence-corrected chi connectivity index (χ4v) is 3.07. The van der Waals surface area contributed by atoms with Gasteiger partial charge in [-0.2, -0.15) is 0 Å². The minimum atomic E-state index is 0.0897. The lowest BCUT2D eigenvalue weighted by molar-refractivity contribution is -0.122. The third kappa shape index (κ3) is 2.69. The maximum Gasteiger partial charge on any atom is 0.240 e. The highest BCUT2D eigenvalue weighted by Gasteiger charge is 2.22. The van der Waals surface area contributed by atoms with Gasteiger partial charge in [0, 0.05) is 6.04 Å². The van der Waals surface area contributed by atoms with Crippen molar-refractivity contribution in [2.75, 3.05) is 0 Å². The molecule has 0 bridgehead atoms. The molecule has 0 spiro atoms. The number of nitrogens with one attached hydrogen (secondary N) is 1. The third-order valence-electron chi connectivity index (χ3n) is 4.30. The van der Waals surface area contributed by atoms with Crippen LogP contribution in [0.25, 0.3) is 11.0 Å². The summed E-state index contributed by atoms with van der Waals surface area (Å²) in [6.45, 7) is 2.58. The molecule has 1 N–H and O–H groups in total. The highest BCUT2D eigenvalue weighted by atomic mass is 16.2. The highest BCUT2D eigenvalue weighted by Crippen LogP contribution is 2.23. The van der Waals surface area contributed by atoms with Gasteiger partial charge in [-0.05, 0) is 30.9 Å². The lowest BCUT2D eigenvalue weighted by Crippen LogP contribution is -2.42. The first-order valence-corrected chi connectivity index (χ1v) is 7.43. The van der Waals surface area contributed by atoms with E-state index in [0.717, 1.165) is 17.5 Å². The van der Waals surface area contributed by atoms with E-state index in [1.54, 1.807) is 6.33 Å². The molecular weight excluding hydrogens is 250 g/mol. The Bertz CT molecular complexity index is 605. The van der Waals surface area contributed by atoms with Crippen LogP contribution in [0.1, 0.15) is 32.6 Å².